The zero-order chi connectivity index (χ0) is 20.2. The van der Waals surface area contributed by atoms with Crippen molar-refractivity contribution in [2.75, 3.05) is 0 Å². The Morgan fingerprint density at radius 1 is 1.00 bits per heavy atom. The van der Waals surface area contributed by atoms with Crippen LogP contribution in [-0.2, 0) is 0 Å². The maximum atomic E-state index is 11.6. The number of carbonyl (C=O) groups is 1. The number of ether oxygens (including phenoxy) is 1. The van der Waals surface area contributed by atoms with Crippen LogP contribution in [0.1, 0.15) is 47.2 Å². The Hall–Kier alpha value is -3.31. The Labute approximate surface area is 174 Å². The molecule has 6 rings (SSSR count). The van der Waals surface area contributed by atoms with Crippen molar-refractivity contribution in [2.45, 2.75) is 37.8 Å². The summed E-state index contributed by atoms with van der Waals surface area (Å²) in [6.07, 6.45) is 7.82. The monoisotopic (exact) mass is 399 g/mol. The minimum absolute atomic E-state index is 0.229. The molecule has 2 unspecified atom stereocenters. The lowest BCUT2D eigenvalue weighted by molar-refractivity contribution is 0.0696. The first kappa shape index (κ1) is 17.5. The van der Waals surface area contributed by atoms with Gasteiger partial charge >= 0.3 is 5.97 Å². The highest BCUT2D eigenvalue weighted by Gasteiger charge is 2.35. The topological polar surface area (TPSA) is 71.7 Å². The fourth-order valence-electron chi connectivity index (χ4n) is 5.18. The Kier molecular flexibility index (Phi) is 3.86. The Morgan fingerprint density at radius 3 is 2.53 bits per heavy atom. The zero-order valence-corrected chi connectivity index (χ0v) is 16.4. The summed E-state index contributed by atoms with van der Waals surface area (Å²) in [5, 5.41) is 13.2. The molecule has 2 bridgehead atoms. The van der Waals surface area contributed by atoms with Crippen LogP contribution in [0.4, 0.5) is 0 Å². The Bertz CT molecular complexity index is 1180. The summed E-state index contributed by atoms with van der Waals surface area (Å²) in [5.41, 5.74) is 6.80. The summed E-state index contributed by atoms with van der Waals surface area (Å²) >= 11 is 0. The van der Waals surface area contributed by atoms with E-state index in [9.17, 15) is 9.90 Å². The van der Waals surface area contributed by atoms with Crippen molar-refractivity contribution in [1.82, 2.24) is 5.32 Å². The van der Waals surface area contributed by atoms with Gasteiger partial charge in [0.05, 0.1) is 18.1 Å². The normalized spacial score (nSPS) is 21.7. The number of fused-ring (bicyclic) bond motifs is 4. The van der Waals surface area contributed by atoms with E-state index >= 15 is 0 Å². The van der Waals surface area contributed by atoms with Gasteiger partial charge in [-0.1, -0.05) is 23.8 Å². The standard InChI is InChI=1S/C25H21NO4/c27-25(28)14-4-7-20-22(12-14)30-24-19(15-8-9-29-13-15)2-1-3-21(24)23(20)16-10-17-5-6-18(11-16)26-17/h1-4,7-9,12-13,17-18,26H,5-6,10-11H2,(H,27,28). The van der Waals surface area contributed by atoms with Crippen LogP contribution in [0.5, 0.6) is 11.5 Å². The molecule has 2 fully saturated rings. The number of carboxylic acids is 1. The molecule has 2 N–H and O–H groups in total. The van der Waals surface area contributed by atoms with Crippen LogP contribution in [0.25, 0.3) is 16.7 Å². The fourth-order valence-corrected chi connectivity index (χ4v) is 5.18. The smallest absolute Gasteiger partial charge is 0.335 e. The van der Waals surface area contributed by atoms with E-state index in [0.29, 0.717) is 17.8 Å². The Morgan fingerprint density at radius 2 is 1.80 bits per heavy atom. The molecule has 3 aliphatic heterocycles. The van der Waals surface area contributed by atoms with Gasteiger partial charge in [-0.25, -0.2) is 4.79 Å². The molecule has 2 aromatic carbocycles. The molecule has 1 aromatic heterocycles. The minimum atomic E-state index is -0.954. The van der Waals surface area contributed by atoms with Gasteiger partial charge in [0.25, 0.3) is 0 Å². The molecule has 2 atom stereocenters. The van der Waals surface area contributed by atoms with Crippen LogP contribution >= 0.6 is 0 Å². The van der Waals surface area contributed by atoms with E-state index in [1.807, 2.05) is 18.2 Å². The molecule has 30 heavy (non-hydrogen) atoms. The molecule has 0 aliphatic carbocycles. The molecule has 5 heteroatoms. The third-order valence-corrected chi connectivity index (χ3v) is 6.50. The van der Waals surface area contributed by atoms with Crippen molar-refractivity contribution in [2.24, 2.45) is 0 Å². The molecule has 3 aromatic rings. The van der Waals surface area contributed by atoms with E-state index in [-0.39, 0.29) is 5.56 Å². The molecule has 3 aliphatic rings. The van der Waals surface area contributed by atoms with Gasteiger partial charge in [-0.15, -0.1) is 0 Å². The molecule has 0 radical (unpaired) electrons. The predicted molar refractivity (Wildman–Crippen MR) is 113 cm³/mol. The first-order valence-electron chi connectivity index (χ1n) is 10.4. The summed E-state index contributed by atoms with van der Waals surface area (Å²) in [6, 6.07) is 14.4. The maximum Gasteiger partial charge on any atom is 0.335 e. The van der Waals surface area contributed by atoms with Gasteiger partial charge in [-0.05, 0) is 55.5 Å². The number of furan rings is 1. The van der Waals surface area contributed by atoms with Crippen molar-refractivity contribution in [3.05, 3.63) is 77.3 Å². The van der Waals surface area contributed by atoms with E-state index in [1.54, 1.807) is 24.7 Å². The molecular weight excluding hydrogens is 378 g/mol. The molecule has 150 valence electrons. The van der Waals surface area contributed by atoms with Gasteiger partial charge in [0.1, 0.15) is 11.5 Å². The molecule has 0 saturated carbocycles. The van der Waals surface area contributed by atoms with E-state index in [4.69, 9.17) is 9.15 Å². The lowest BCUT2D eigenvalue weighted by atomic mass is 9.83. The van der Waals surface area contributed by atoms with E-state index in [1.165, 1.54) is 24.0 Å². The highest BCUT2D eigenvalue weighted by Crippen LogP contribution is 2.51. The molecule has 4 heterocycles. The van der Waals surface area contributed by atoms with Gasteiger partial charge in [0.15, 0.2) is 0 Å². The molecule has 0 amide bonds. The largest absolute Gasteiger partial charge is 0.478 e. The minimum Gasteiger partial charge on any atom is -0.478 e. The highest BCUT2D eigenvalue weighted by molar-refractivity contribution is 5.96. The van der Waals surface area contributed by atoms with E-state index in [0.717, 1.165) is 40.8 Å². The number of para-hydroxylation sites is 1. The Balaban J connectivity index is 1.60. The quantitative estimate of drug-likeness (QED) is 0.468. The van der Waals surface area contributed by atoms with Gasteiger partial charge in [-0.3, -0.25) is 0 Å². The van der Waals surface area contributed by atoms with E-state index < -0.39 is 5.97 Å². The number of aromatic carboxylic acids is 1. The molecule has 5 nitrogen and oxygen atoms in total. The number of carboxylic acid groups (broad SMARTS) is 1. The van der Waals surface area contributed by atoms with Gasteiger partial charge in [0.2, 0.25) is 0 Å². The summed E-state index contributed by atoms with van der Waals surface area (Å²) in [6.45, 7) is 0. The number of nitrogens with one attached hydrogen (secondary N) is 1. The van der Waals surface area contributed by atoms with Gasteiger partial charge in [0, 0.05) is 34.3 Å². The van der Waals surface area contributed by atoms with Crippen LogP contribution < -0.4 is 10.1 Å². The van der Waals surface area contributed by atoms with Crippen molar-refractivity contribution < 1.29 is 19.1 Å². The van der Waals surface area contributed by atoms with Gasteiger partial charge in [-0.2, -0.15) is 0 Å². The predicted octanol–water partition coefficient (Wildman–Crippen LogP) is 5.47. The van der Waals surface area contributed by atoms with Crippen molar-refractivity contribution in [3.63, 3.8) is 0 Å². The third-order valence-electron chi connectivity index (χ3n) is 6.50. The summed E-state index contributed by atoms with van der Waals surface area (Å²) in [7, 11) is 0. The number of rotatable bonds is 2. The second kappa shape index (κ2) is 6.61. The van der Waals surface area contributed by atoms with Crippen molar-refractivity contribution in [3.8, 4) is 22.6 Å². The lowest BCUT2D eigenvalue weighted by Crippen LogP contribution is -2.35. The van der Waals surface area contributed by atoms with Crippen LogP contribution in [0, 0.1) is 0 Å². The molecule has 0 spiro atoms. The second-order valence-corrected chi connectivity index (χ2v) is 8.34. The molecular formula is C25H21NO4. The average Bonchev–Trinajstić information content (AvgIpc) is 3.40. The third kappa shape index (κ3) is 2.70. The second-order valence-electron chi connectivity index (χ2n) is 8.34. The SMILES string of the molecule is O=C(O)c1ccc2c(c1)Oc1c(cccc1-c1ccoc1)C2=C1CC2CCC(C1)N2. The summed E-state index contributed by atoms with van der Waals surface area (Å²) < 4.78 is 11.7. The lowest BCUT2D eigenvalue weighted by Gasteiger charge is -2.31. The van der Waals surface area contributed by atoms with Crippen molar-refractivity contribution in [1.29, 1.82) is 0 Å². The first-order valence-corrected chi connectivity index (χ1v) is 10.4. The van der Waals surface area contributed by atoms with E-state index in [2.05, 4.69) is 17.4 Å². The highest BCUT2D eigenvalue weighted by atomic mass is 16.5. The maximum absolute atomic E-state index is 11.6. The molecule has 2 saturated heterocycles. The van der Waals surface area contributed by atoms with Crippen LogP contribution in [0.15, 0.2) is 65.0 Å². The zero-order valence-electron chi connectivity index (χ0n) is 16.4. The average molecular weight is 399 g/mol. The summed E-state index contributed by atoms with van der Waals surface area (Å²) in [5.74, 6) is 0.415. The van der Waals surface area contributed by atoms with Crippen molar-refractivity contribution >= 4 is 11.5 Å². The fraction of sp³-hybridized carbons (Fsp3) is 0.240. The van der Waals surface area contributed by atoms with Crippen LogP contribution in [-0.4, -0.2) is 23.2 Å². The first-order chi connectivity index (χ1) is 14.7. The number of hydrogen-bond acceptors (Lipinski definition) is 4. The van der Waals surface area contributed by atoms with Gasteiger partial charge < -0.3 is 19.6 Å². The summed E-state index contributed by atoms with van der Waals surface area (Å²) in [4.78, 5) is 11.6. The van der Waals surface area contributed by atoms with Crippen LogP contribution in [0.3, 0.4) is 0 Å². The van der Waals surface area contributed by atoms with Crippen LogP contribution in [0.2, 0.25) is 0 Å². The number of piperidine rings is 1. The number of benzene rings is 2. The number of hydrogen-bond donors (Lipinski definition) is 2.